The number of carboxylic acids is 1. The van der Waals surface area contributed by atoms with Crippen molar-refractivity contribution in [2.24, 2.45) is 5.92 Å². The minimum atomic E-state index is -6.72. The average Bonchev–Trinajstić information content (AvgIpc) is 2.80. The zero-order valence-electron chi connectivity index (χ0n) is 21.2. The fourth-order valence-corrected chi connectivity index (χ4v) is 4.82. The first-order valence-electron chi connectivity index (χ1n) is 11.4. The van der Waals surface area contributed by atoms with Crippen molar-refractivity contribution >= 4 is 26.0 Å². The van der Waals surface area contributed by atoms with Crippen LogP contribution in [0.1, 0.15) is 39.5 Å². The summed E-state index contributed by atoms with van der Waals surface area (Å²) in [6.07, 6.45) is 13.0. The molecule has 0 aliphatic carbocycles. The Morgan fingerprint density at radius 1 is 0.850 bits per heavy atom. The predicted octanol–water partition coefficient (Wildman–Crippen LogP) is 4.29. The monoisotopic (exact) mass is 761 g/mol. The summed E-state index contributed by atoms with van der Waals surface area (Å²) in [4.78, 5) is 10.7. The summed E-state index contributed by atoms with van der Waals surface area (Å²) in [5.41, 5.74) is -10.2. The summed E-state index contributed by atoms with van der Waals surface area (Å²) in [6, 6.07) is 8.17. The van der Waals surface area contributed by atoms with E-state index in [4.69, 9.17) is 5.11 Å². The average molecular weight is 761 g/mol. The van der Waals surface area contributed by atoms with Crippen LogP contribution < -0.4 is 9.13 Å². The second-order valence-corrected chi connectivity index (χ2v) is 11.7. The van der Waals surface area contributed by atoms with Gasteiger partial charge < -0.3 is 9.23 Å². The summed E-state index contributed by atoms with van der Waals surface area (Å²) in [6.45, 7) is 5.58. The number of hydrogen-bond acceptors (Lipinski definition) is 5. The molecule has 0 spiro atoms. The molecule has 0 saturated heterocycles. The SMILES string of the molecule is CCCCC(CC)C[n+]1ccc(-c2cc[n+](CC(=O)O)cc2)cc1.O=S(=O)([N-]S(=O)(=O)C(F)(F)F)C(F)(F)F.[Eu]. The normalized spacial score (nSPS) is 13.0. The Labute approximate surface area is 269 Å². The number of nitrogens with zero attached hydrogens (tertiary/aromatic N) is 3. The van der Waals surface area contributed by atoms with Gasteiger partial charge in [-0.25, -0.2) is 26.2 Å². The van der Waals surface area contributed by atoms with Gasteiger partial charge in [-0.1, -0.05) is 26.7 Å². The summed E-state index contributed by atoms with van der Waals surface area (Å²) >= 11 is 0. The van der Waals surface area contributed by atoms with Crippen molar-refractivity contribution in [1.82, 2.24) is 0 Å². The van der Waals surface area contributed by atoms with E-state index in [2.05, 4.69) is 42.9 Å². The number of aromatic nitrogens is 2. The molecular formula is C22H28EuF6N3O6S2+. The molecule has 1 atom stereocenters. The summed E-state index contributed by atoms with van der Waals surface area (Å²) in [7, 11) is -13.4. The number of halogens is 6. The van der Waals surface area contributed by atoms with Gasteiger partial charge >= 0.3 is 17.0 Å². The Kier molecular flexibility index (Phi) is 15.9. The first-order chi connectivity index (χ1) is 17.8. The van der Waals surface area contributed by atoms with Gasteiger partial charge in [-0.2, -0.15) is 30.9 Å². The molecule has 2 aromatic rings. The van der Waals surface area contributed by atoms with Gasteiger partial charge in [-0.3, -0.25) is 0 Å². The van der Waals surface area contributed by atoms with E-state index in [9.17, 15) is 48.0 Å². The van der Waals surface area contributed by atoms with Crippen LogP contribution in [0, 0.1) is 55.3 Å². The molecule has 1 N–H and O–H groups in total. The Morgan fingerprint density at radius 2 is 1.25 bits per heavy atom. The maximum atomic E-state index is 11.4. The molecule has 18 heteroatoms. The van der Waals surface area contributed by atoms with Crippen molar-refractivity contribution < 1.29 is 112 Å². The molecule has 9 nitrogen and oxygen atoms in total. The summed E-state index contributed by atoms with van der Waals surface area (Å²) in [5.74, 6) is -0.0884. The van der Waals surface area contributed by atoms with Gasteiger partial charge in [0.25, 0.3) is 0 Å². The Balaban J connectivity index is 0.000000828. The number of aliphatic carboxylic acids is 1. The molecule has 227 valence electrons. The zero-order chi connectivity index (χ0) is 30.1. The van der Waals surface area contributed by atoms with Gasteiger partial charge in [0.15, 0.2) is 51.4 Å². The Bertz CT molecular complexity index is 1250. The summed E-state index contributed by atoms with van der Waals surface area (Å²) < 4.78 is 113. The third kappa shape index (κ3) is 12.8. The van der Waals surface area contributed by atoms with Crippen LogP contribution in [0.3, 0.4) is 0 Å². The second kappa shape index (κ2) is 16.4. The minimum absolute atomic E-state index is 0. The van der Waals surface area contributed by atoms with Crippen LogP contribution in [-0.2, 0) is 37.9 Å². The van der Waals surface area contributed by atoms with Crippen LogP contribution in [0.5, 0.6) is 0 Å². The number of sulfonamides is 2. The van der Waals surface area contributed by atoms with E-state index in [1.54, 1.807) is 4.57 Å². The Hall–Kier alpha value is -1.21. The molecule has 2 rings (SSSR count). The van der Waals surface area contributed by atoms with Crippen LogP contribution in [0.15, 0.2) is 49.1 Å². The second-order valence-electron chi connectivity index (χ2n) is 8.27. The fourth-order valence-electron chi connectivity index (χ4n) is 3.11. The molecule has 2 heterocycles. The van der Waals surface area contributed by atoms with E-state index in [0.29, 0.717) is 0 Å². The van der Waals surface area contributed by atoms with Crippen LogP contribution in [0.2, 0.25) is 0 Å². The Morgan fingerprint density at radius 3 is 1.57 bits per heavy atom. The third-order valence-electron chi connectivity index (χ3n) is 5.23. The number of carbonyl (C=O) groups is 1. The number of alkyl halides is 6. The topological polar surface area (TPSA) is 127 Å². The number of unbranched alkanes of at least 4 members (excludes halogenated alkanes) is 1. The van der Waals surface area contributed by atoms with E-state index in [1.165, 1.54) is 25.7 Å². The molecular weight excluding hydrogens is 732 g/mol. The quantitative estimate of drug-likeness (QED) is 0.269. The van der Waals surface area contributed by atoms with E-state index in [0.717, 1.165) is 27.7 Å². The van der Waals surface area contributed by atoms with Crippen molar-refractivity contribution in [3.8, 4) is 11.1 Å². The van der Waals surface area contributed by atoms with Gasteiger partial charge in [0.2, 0.25) is 6.54 Å². The van der Waals surface area contributed by atoms with E-state index >= 15 is 0 Å². The number of carboxylic acid groups (broad SMARTS) is 1. The molecule has 0 amide bonds. The first-order valence-corrected chi connectivity index (χ1v) is 14.3. The molecule has 0 aliphatic heterocycles. The number of hydrogen-bond donors (Lipinski definition) is 1. The van der Waals surface area contributed by atoms with Gasteiger partial charge in [0.05, 0.1) is 0 Å². The fraction of sp³-hybridized carbons (Fsp3) is 0.500. The number of rotatable bonds is 11. The molecule has 1 unspecified atom stereocenters. The molecule has 0 bridgehead atoms. The van der Waals surface area contributed by atoms with Crippen molar-refractivity contribution in [2.45, 2.75) is 63.6 Å². The van der Waals surface area contributed by atoms with Crippen molar-refractivity contribution in [3.63, 3.8) is 0 Å². The van der Waals surface area contributed by atoms with Gasteiger partial charge in [-0.15, -0.1) is 0 Å². The third-order valence-corrected chi connectivity index (χ3v) is 7.97. The maximum absolute atomic E-state index is 11.4. The van der Waals surface area contributed by atoms with E-state index < -0.39 is 37.0 Å². The van der Waals surface area contributed by atoms with Crippen LogP contribution in [0.4, 0.5) is 26.3 Å². The molecule has 0 saturated carbocycles. The molecule has 0 fully saturated rings. The molecule has 2 aromatic heterocycles. The van der Waals surface area contributed by atoms with Crippen molar-refractivity contribution in [3.05, 3.63) is 53.2 Å². The summed E-state index contributed by atoms with van der Waals surface area (Å²) in [5, 5.41) is 8.81. The predicted molar refractivity (Wildman–Crippen MR) is 127 cm³/mol. The van der Waals surface area contributed by atoms with Gasteiger partial charge in [0, 0.05) is 79.6 Å². The standard InChI is InChI=1S/C20H27N2O2.C2F6NO4S2.Eu/c1-3-5-6-17(4-2)15-21-11-7-18(8-12-21)19-9-13-22(14-10-19)16-20(23)24;3-1(4,5)14(10,11)9-15(12,13)2(6,7)8;/h7-14,17H,3-6,15-16H2,1-2H3;;/q+1;-1;/p+1. The number of pyridine rings is 2. The minimum Gasteiger partial charge on any atom is -0.477 e. The van der Waals surface area contributed by atoms with Crippen molar-refractivity contribution in [2.75, 3.05) is 0 Å². The zero-order valence-corrected chi connectivity index (χ0v) is 25.3. The molecule has 0 aromatic carbocycles. The smallest absolute Gasteiger partial charge is 0.477 e. The van der Waals surface area contributed by atoms with Crippen LogP contribution in [0.25, 0.3) is 15.3 Å². The van der Waals surface area contributed by atoms with Gasteiger partial charge in [0.1, 0.15) is 0 Å². The largest absolute Gasteiger partial charge is 0.480 e. The van der Waals surface area contributed by atoms with Crippen molar-refractivity contribution in [1.29, 1.82) is 0 Å². The molecule has 1 radical (unpaired) electrons. The van der Waals surface area contributed by atoms with E-state index in [1.807, 2.05) is 24.5 Å². The van der Waals surface area contributed by atoms with Crippen LogP contribution in [-0.4, -0.2) is 38.9 Å². The van der Waals surface area contributed by atoms with Crippen LogP contribution >= 0.6 is 0 Å². The molecule has 0 aliphatic rings. The van der Waals surface area contributed by atoms with E-state index in [-0.39, 0.29) is 55.9 Å². The van der Waals surface area contributed by atoms with Gasteiger partial charge in [-0.05, 0) is 24.0 Å². The first kappa shape index (κ1) is 38.8. The molecule has 40 heavy (non-hydrogen) atoms. The maximum Gasteiger partial charge on any atom is 0.480 e.